The maximum atomic E-state index is 6.37. The normalized spacial score (nSPS) is 21.4. The molecular weight excluding hydrogens is 368 g/mol. The van der Waals surface area contributed by atoms with Crippen molar-refractivity contribution in [2.75, 3.05) is 6.61 Å². The lowest BCUT2D eigenvalue weighted by atomic mass is 9.99. The summed E-state index contributed by atoms with van der Waals surface area (Å²) >= 11 is 0. The summed E-state index contributed by atoms with van der Waals surface area (Å²) in [4.78, 5) is 0. The van der Waals surface area contributed by atoms with Crippen molar-refractivity contribution >= 4 is 18.8 Å². The fourth-order valence-corrected chi connectivity index (χ4v) is 7.04. The van der Waals surface area contributed by atoms with Crippen molar-refractivity contribution in [2.45, 2.75) is 103 Å². The van der Waals surface area contributed by atoms with Crippen molar-refractivity contribution in [2.24, 2.45) is 0 Å². The Balaban J connectivity index is 2.34. The van der Waals surface area contributed by atoms with Gasteiger partial charge in [-0.3, -0.25) is 0 Å². The highest BCUT2D eigenvalue weighted by Crippen LogP contribution is 2.31. The Labute approximate surface area is 171 Å². The molecule has 0 aliphatic carbocycles. The summed E-state index contributed by atoms with van der Waals surface area (Å²) in [5, 5.41) is 0. The van der Waals surface area contributed by atoms with Gasteiger partial charge in [0, 0.05) is 19.1 Å². The zero-order chi connectivity index (χ0) is 20.3. The number of rotatable bonds is 14. The monoisotopic (exact) mass is 410 g/mol. The van der Waals surface area contributed by atoms with Crippen LogP contribution in [0.5, 0.6) is 0 Å². The molecule has 0 unspecified atom stereocenters. The molecule has 0 aromatic carbocycles. The summed E-state index contributed by atoms with van der Waals surface area (Å²) in [5.41, 5.74) is 5.39. The smallest absolute Gasteiger partial charge is 0.191 e. The average Bonchev–Trinajstić information content (AvgIpc) is 3.05. The van der Waals surface area contributed by atoms with E-state index in [-0.39, 0.29) is 12.2 Å². The van der Waals surface area contributed by atoms with Gasteiger partial charge in [-0.1, -0.05) is 33.9 Å². The van der Waals surface area contributed by atoms with Crippen LogP contribution in [0.4, 0.5) is 0 Å². The molecule has 0 aromatic heterocycles. The van der Waals surface area contributed by atoms with Crippen LogP contribution in [0.25, 0.3) is 0 Å². The molecule has 1 aliphatic rings. The van der Waals surface area contributed by atoms with Gasteiger partial charge in [0.25, 0.3) is 0 Å². The molecule has 0 spiro atoms. The van der Waals surface area contributed by atoms with Gasteiger partial charge in [-0.25, -0.2) is 0 Å². The van der Waals surface area contributed by atoms with Crippen molar-refractivity contribution in [1.29, 1.82) is 0 Å². The minimum atomic E-state index is -1.45. The lowest BCUT2D eigenvalue weighted by Crippen LogP contribution is -2.36. The Hall–Kier alpha value is -0.426. The molecule has 156 valence electrons. The summed E-state index contributed by atoms with van der Waals surface area (Å²) in [5.74, 6) is 0. The van der Waals surface area contributed by atoms with E-state index in [1.165, 1.54) is 29.3 Å². The lowest BCUT2D eigenvalue weighted by molar-refractivity contribution is 0.0332. The van der Waals surface area contributed by atoms with E-state index in [4.69, 9.17) is 13.6 Å². The minimum absolute atomic E-state index is 0.193. The van der Waals surface area contributed by atoms with E-state index in [0.29, 0.717) is 6.10 Å². The van der Waals surface area contributed by atoms with Crippen LogP contribution in [0.2, 0.25) is 18.1 Å². The zero-order valence-corrected chi connectivity index (χ0v) is 21.4. The van der Waals surface area contributed by atoms with Gasteiger partial charge in [0.05, 0.1) is 12.2 Å². The summed E-state index contributed by atoms with van der Waals surface area (Å²) < 4.78 is 18.4. The van der Waals surface area contributed by atoms with Gasteiger partial charge < -0.3 is 13.6 Å². The molecule has 27 heavy (non-hydrogen) atoms. The largest absolute Gasteiger partial charge is 0.425 e. The van der Waals surface area contributed by atoms with E-state index in [0.717, 1.165) is 55.6 Å². The molecule has 1 saturated heterocycles. The summed E-state index contributed by atoms with van der Waals surface area (Å²) in [6.45, 7) is 17.8. The van der Waals surface area contributed by atoms with Crippen molar-refractivity contribution in [1.82, 2.24) is 0 Å². The van der Waals surface area contributed by atoms with Crippen LogP contribution in [0.3, 0.4) is 0 Å². The molecule has 0 saturated carbocycles. The molecule has 0 radical (unpaired) electrons. The SMILES string of the molecule is C=C=C(C)C[C@H](CC[C@@H]1O[C@@H](CCCO[Si](CC)(CC)CC)CC1=C)O[SiH3]. The third kappa shape index (κ3) is 8.22. The first-order chi connectivity index (χ1) is 12.9. The molecular formula is C22H42O3Si2. The Morgan fingerprint density at radius 3 is 2.52 bits per heavy atom. The number of ether oxygens (including phenoxy) is 1. The fourth-order valence-electron chi connectivity index (χ4n) is 3.95. The predicted molar refractivity (Wildman–Crippen MR) is 122 cm³/mol. The quantitative estimate of drug-likeness (QED) is 0.173. The number of hydrogen-bond acceptors (Lipinski definition) is 3. The molecule has 1 rings (SSSR count). The molecule has 0 aromatic rings. The molecule has 3 nitrogen and oxygen atoms in total. The predicted octanol–water partition coefficient (Wildman–Crippen LogP) is 5.07. The Bertz CT molecular complexity index is 488. The van der Waals surface area contributed by atoms with Gasteiger partial charge in [0.1, 0.15) is 10.5 Å². The Morgan fingerprint density at radius 1 is 1.30 bits per heavy atom. The van der Waals surface area contributed by atoms with Crippen LogP contribution in [0.1, 0.15) is 66.2 Å². The average molecular weight is 411 g/mol. The molecule has 0 bridgehead atoms. The molecule has 1 aliphatic heterocycles. The topological polar surface area (TPSA) is 27.7 Å². The zero-order valence-electron chi connectivity index (χ0n) is 18.4. The molecule has 0 N–H and O–H groups in total. The molecule has 0 amide bonds. The maximum Gasteiger partial charge on any atom is 0.191 e. The third-order valence-corrected chi connectivity index (χ3v) is 11.6. The maximum absolute atomic E-state index is 6.37. The number of hydrogen-bond donors (Lipinski definition) is 0. The van der Waals surface area contributed by atoms with Gasteiger partial charge in [0.15, 0.2) is 8.32 Å². The van der Waals surface area contributed by atoms with Gasteiger partial charge in [-0.15, -0.1) is 5.73 Å². The van der Waals surface area contributed by atoms with E-state index in [1.54, 1.807) is 0 Å². The van der Waals surface area contributed by atoms with E-state index in [9.17, 15) is 0 Å². The van der Waals surface area contributed by atoms with E-state index >= 15 is 0 Å². The Morgan fingerprint density at radius 2 is 1.96 bits per heavy atom. The van der Waals surface area contributed by atoms with Crippen LogP contribution in [-0.4, -0.2) is 43.7 Å². The fraction of sp³-hybridized carbons (Fsp3) is 0.773. The summed E-state index contributed by atoms with van der Waals surface area (Å²) in [7, 11) is -0.686. The first-order valence-electron chi connectivity index (χ1n) is 10.8. The van der Waals surface area contributed by atoms with Crippen LogP contribution in [0.15, 0.2) is 30.0 Å². The van der Waals surface area contributed by atoms with Crippen LogP contribution in [0, 0.1) is 0 Å². The minimum Gasteiger partial charge on any atom is -0.425 e. The molecule has 1 fully saturated rings. The van der Waals surface area contributed by atoms with E-state index in [2.05, 4.69) is 46.6 Å². The van der Waals surface area contributed by atoms with Gasteiger partial charge >= 0.3 is 0 Å². The van der Waals surface area contributed by atoms with Crippen molar-refractivity contribution in [3.05, 3.63) is 30.0 Å². The highest BCUT2D eigenvalue weighted by atomic mass is 28.4. The highest BCUT2D eigenvalue weighted by Gasteiger charge is 2.30. The second-order valence-electron chi connectivity index (χ2n) is 7.94. The third-order valence-electron chi connectivity index (χ3n) is 6.23. The first-order valence-corrected chi connectivity index (χ1v) is 14.1. The van der Waals surface area contributed by atoms with Crippen molar-refractivity contribution in [3.63, 3.8) is 0 Å². The van der Waals surface area contributed by atoms with Crippen LogP contribution in [-0.2, 0) is 13.6 Å². The molecule has 3 atom stereocenters. The lowest BCUT2D eigenvalue weighted by Gasteiger charge is -2.28. The summed E-state index contributed by atoms with van der Waals surface area (Å²) in [6, 6.07) is 3.68. The summed E-state index contributed by atoms with van der Waals surface area (Å²) in [6.07, 6.45) is 6.89. The molecule has 1 heterocycles. The van der Waals surface area contributed by atoms with E-state index < -0.39 is 8.32 Å². The van der Waals surface area contributed by atoms with E-state index in [1.807, 2.05) is 0 Å². The van der Waals surface area contributed by atoms with Gasteiger partial charge in [-0.05, 0) is 68.3 Å². The molecule has 5 heteroatoms. The first kappa shape index (κ1) is 24.6. The van der Waals surface area contributed by atoms with Crippen molar-refractivity contribution < 1.29 is 13.6 Å². The van der Waals surface area contributed by atoms with Crippen LogP contribution >= 0.6 is 0 Å². The second kappa shape index (κ2) is 12.9. The Kier molecular flexibility index (Phi) is 11.8. The second-order valence-corrected chi connectivity index (χ2v) is 13.2. The van der Waals surface area contributed by atoms with Crippen molar-refractivity contribution in [3.8, 4) is 0 Å². The standard InChI is InChI=1S/C22H42O3Si2/c1-7-18(5)16-21(25-26)13-14-22-19(6)17-20(24-22)12-11-15-23-27(8-2,9-3)10-4/h20-22H,1,6,8-17H2,2-5,26H3/t20-,21-,22-/m0/s1. The van der Waals surface area contributed by atoms with Gasteiger partial charge in [0.2, 0.25) is 0 Å². The highest BCUT2D eigenvalue weighted by molar-refractivity contribution is 6.73. The van der Waals surface area contributed by atoms with Crippen LogP contribution < -0.4 is 0 Å². The van der Waals surface area contributed by atoms with Gasteiger partial charge in [-0.2, -0.15) is 0 Å².